The van der Waals surface area contributed by atoms with E-state index in [0.717, 1.165) is 5.56 Å². The lowest BCUT2D eigenvalue weighted by atomic mass is 10.1. The molecule has 0 amide bonds. The molecule has 0 fully saturated rings. The summed E-state index contributed by atoms with van der Waals surface area (Å²) in [7, 11) is 0. The molecule has 0 aliphatic carbocycles. The highest BCUT2D eigenvalue weighted by molar-refractivity contribution is 5.22. The van der Waals surface area contributed by atoms with E-state index in [4.69, 9.17) is 5.11 Å². The molecular formula is C10H12N4O. The van der Waals surface area contributed by atoms with Crippen molar-refractivity contribution >= 4 is 0 Å². The normalized spacial score (nSPS) is 10.5. The van der Waals surface area contributed by atoms with Gasteiger partial charge in [0, 0.05) is 0 Å². The molecule has 0 aliphatic rings. The van der Waals surface area contributed by atoms with Crippen molar-refractivity contribution in [3.63, 3.8) is 0 Å². The van der Waals surface area contributed by atoms with E-state index in [1.165, 1.54) is 5.56 Å². The van der Waals surface area contributed by atoms with Crippen LogP contribution in [0, 0.1) is 6.92 Å². The van der Waals surface area contributed by atoms with Crippen LogP contribution in [0.3, 0.4) is 0 Å². The number of aliphatic hydroxyl groups excluding tert-OH is 1. The summed E-state index contributed by atoms with van der Waals surface area (Å²) < 4.78 is 1.59. The number of tetrazole rings is 1. The van der Waals surface area contributed by atoms with Crippen LogP contribution in [0.4, 0.5) is 0 Å². The van der Waals surface area contributed by atoms with Crippen LogP contribution in [-0.2, 0) is 13.2 Å². The lowest BCUT2D eigenvalue weighted by molar-refractivity contribution is 0.264. The number of aryl methyl sites for hydroxylation is 1. The van der Waals surface area contributed by atoms with Gasteiger partial charge in [0.25, 0.3) is 0 Å². The first-order valence-corrected chi connectivity index (χ1v) is 4.71. The Morgan fingerprint density at radius 3 is 3.00 bits per heavy atom. The highest BCUT2D eigenvalue weighted by Gasteiger charge is 2.04. The Kier molecular flexibility index (Phi) is 2.73. The van der Waals surface area contributed by atoms with Gasteiger partial charge < -0.3 is 5.11 Å². The molecule has 1 N–H and O–H groups in total. The molecule has 1 aromatic carbocycles. The molecule has 0 atom stereocenters. The van der Waals surface area contributed by atoms with E-state index in [9.17, 15) is 0 Å². The van der Waals surface area contributed by atoms with Crippen LogP contribution in [0.5, 0.6) is 0 Å². The van der Waals surface area contributed by atoms with Gasteiger partial charge in [0.15, 0.2) is 5.82 Å². The molecule has 78 valence electrons. The number of aliphatic hydroxyl groups is 1. The molecule has 0 spiro atoms. The van der Waals surface area contributed by atoms with Gasteiger partial charge in [-0.15, -0.1) is 5.10 Å². The van der Waals surface area contributed by atoms with Crippen LogP contribution in [0.15, 0.2) is 24.3 Å². The summed E-state index contributed by atoms with van der Waals surface area (Å²) in [5.41, 5.74) is 2.32. The zero-order chi connectivity index (χ0) is 10.7. The van der Waals surface area contributed by atoms with Gasteiger partial charge in [-0.25, -0.2) is 4.68 Å². The Morgan fingerprint density at radius 1 is 1.40 bits per heavy atom. The zero-order valence-corrected chi connectivity index (χ0v) is 8.46. The number of hydrogen-bond donors (Lipinski definition) is 1. The maximum atomic E-state index is 8.98. The number of rotatable bonds is 3. The summed E-state index contributed by atoms with van der Waals surface area (Å²) in [6.07, 6.45) is 0. The summed E-state index contributed by atoms with van der Waals surface area (Å²) >= 11 is 0. The van der Waals surface area contributed by atoms with Crippen molar-refractivity contribution in [1.82, 2.24) is 20.2 Å². The summed E-state index contributed by atoms with van der Waals surface area (Å²) in [6, 6.07) is 8.11. The lowest BCUT2D eigenvalue weighted by Gasteiger charge is -2.03. The monoisotopic (exact) mass is 204 g/mol. The fraction of sp³-hybridized carbons (Fsp3) is 0.300. The molecule has 1 aromatic heterocycles. The van der Waals surface area contributed by atoms with Crippen LogP contribution in [0.25, 0.3) is 0 Å². The SMILES string of the molecule is Cc1cccc(Cn2nnnc2CO)c1. The second kappa shape index (κ2) is 4.18. The summed E-state index contributed by atoms with van der Waals surface area (Å²) in [6.45, 7) is 2.49. The third kappa shape index (κ3) is 2.19. The first-order chi connectivity index (χ1) is 7.29. The van der Waals surface area contributed by atoms with E-state index in [1.54, 1.807) is 4.68 Å². The van der Waals surface area contributed by atoms with E-state index in [1.807, 2.05) is 25.1 Å². The Hall–Kier alpha value is -1.75. The van der Waals surface area contributed by atoms with Gasteiger partial charge in [-0.1, -0.05) is 29.8 Å². The second-order valence-electron chi connectivity index (χ2n) is 3.40. The third-order valence-corrected chi connectivity index (χ3v) is 2.16. The molecule has 0 radical (unpaired) electrons. The fourth-order valence-corrected chi connectivity index (χ4v) is 1.44. The van der Waals surface area contributed by atoms with Gasteiger partial charge in [-0.05, 0) is 22.9 Å². The highest BCUT2D eigenvalue weighted by Crippen LogP contribution is 2.06. The summed E-state index contributed by atoms with van der Waals surface area (Å²) in [5, 5.41) is 20.0. The molecule has 5 nitrogen and oxygen atoms in total. The van der Waals surface area contributed by atoms with Crippen LogP contribution in [-0.4, -0.2) is 25.3 Å². The summed E-state index contributed by atoms with van der Waals surface area (Å²) in [5.74, 6) is 0.483. The minimum absolute atomic E-state index is 0.140. The first kappa shape index (κ1) is 9.79. The zero-order valence-electron chi connectivity index (χ0n) is 8.46. The van der Waals surface area contributed by atoms with Crippen molar-refractivity contribution in [3.8, 4) is 0 Å². The number of hydrogen-bond acceptors (Lipinski definition) is 4. The Labute approximate surface area is 87.4 Å². The Balaban J connectivity index is 2.22. The molecule has 0 saturated carbocycles. The smallest absolute Gasteiger partial charge is 0.177 e. The highest BCUT2D eigenvalue weighted by atomic mass is 16.3. The molecule has 0 unspecified atom stereocenters. The van der Waals surface area contributed by atoms with Crippen LogP contribution in [0.1, 0.15) is 17.0 Å². The standard InChI is InChI=1S/C10H12N4O/c1-8-3-2-4-9(5-8)6-14-10(7-15)11-12-13-14/h2-5,15H,6-7H2,1H3. The first-order valence-electron chi connectivity index (χ1n) is 4.71. The predicted molar refractivity (Wildman–Crippen MR) is 54.0 cm³/mol. The second-order valence-corrected chi connectivity index (χ2v) is 3.40. The van der Waals surface area contributed by atoms with Crippen molar-refractivity contribution in [2.45, 2.75) is 20.1 Å². The van der Waals surface area contributed by atoms with Crippen molar-refractivity contribution in [1.29, 1.82) is 0 Å². The molecule has 15 heavy (non-hydrogen) atoms. The van der Waals surface area contributed by atoms with Crippen molar-refractivity contribution in [2.75, 3.05) is 0 Å². The van der Waals surface area contributed by atoms with Crippen LogP contribution in [0.2, 0.25) is 0 Å². The molecule has 1 heterocycles. The average Bonchev–Trinajstić information content (AvgIpc) is 2.65. The van der Waals surface area contributed by atoms with E-state index in [2.05, 4.69) is 21.6 Å². The van der Waals surface area contributed by atoms with Crippen molar-refractivity contribution in [2.24, 2.45) is 0 Å². The molecule has 0 saturated heterocycles. The minimum atomic E-state index is -0.140. The molecule has 5 heteroatoms. The number of aromatic nitrogens is 4. The van der Waals surface area contributed by atoms with E-state index in [0.29, 0.717) is 12.4 Å². The predicted octanol–water partition coefficient (Wildman–Crippen LogP) is 0.522. The van der Waals surface area contributed by atoms with Gasteiger partial charge in [-0.2, -0.15) is 0 Å². The molecule has 0 bridgehead atoms. The molecule has 2 aromatic rings. The molecule has 0 aliphatic heterocycles. The topological polar surface area (TPSA) is 63.8 Å². The third-order valence-electron chi connectivity index (χ3n) is 2.16. The van der Waals surface area contributed by atoms with Gasteiger partial charge in [0.2, 0.25) is 0 Å². The van der Waals surface area contributed by atoms with Crippen molar-refractivity contribution in [3.05, 3.63) is 41.2 Å². The average molecular weight is 204 g/mol. The molecular weight excluding hydrogens is 192 g/mol. The van der Waals surface area contributed by atoms with Crippen LogP contribution < -0.4 is 0 Å². The largest absolute Gasteiger partial charge is 0.388 e. The maximum absolute atomic E-state index is 8.98. The quantitative estimate of drug-likeness (QED) is 0.791. The van der Waals surface area contributed by atoms with Crippen LogP contribution >= 0.6 is 0 Å². The minimum Gasteiger partial charge on any atom is -0.388 e. The van der Waals surface area contributed by atoms with Gasteiger partial charge >= 0.3 is 0 Å². The number of nitrogens with zero attached hydrogens (tertiary/aromatic N) is 4. The molecule has 2 rings (SSSR count). The van der Waals surface area contributed by atoms with Gasteiger partial charge in [-0.3, -0.25) is 0 Å². The fourth-order valence-electron chi connectivity index (χ4n) is 1.44. The van der Waals surface area contributed by atoms with E-state index >= 15 is 0 Å². The van der Waals surface area contributed by atoms with Gasteiger partial charge in [0.05, 0.1) is 6.54 Å². The maximum Gasteiger partial charge on any atom is 0.177 e. The Bertz CT molecular complexity index is 452. The van der Waals surface area contributed by atoms with E-state index in [-0.39, 0.29) is 6.61 Å². The lowest BCUT2D eigenvalue weighted by Crippen LogP contribution is -2.07. The summed E-state index contributed by atoms with van der Waals surface area (Å²) in [4.78, 5) is 0. The number of benzene rings is 1. The van der Waals surface area contributed by atoms with Crippen molar-refractivity contribution < 1.29 is 5.11 Å². The van der Waals surface area contributed by atoms with Gasteiger partial charge in [0.1, 0.15) is 6.61 Å². The Morgan fingerprint density at radius 2 is 2.27 bits per heavy atom. The van der Waals surface area contributed by atoms with E-state index < -0.39 is 0 Å².